The van der Waals surface area contributed by atoms with Gasteiger partial charge in [-0.05, 0) is 24.6 Å². The highest BCUT2D eigenvalue weighted by Gasteiger charge is 2.19. The van der Waals surface area contributed by atoms with E-state index in [4.69, 9.17) is 4.74 Å². The minimum atomic E-state index is -0.204. The van der Waals surface area contributed by atoms with Gasteiger partial charge >= 0.3 is 0 Å². The molecule has 2 rings (SSSR count). The van der Waals surface area contributed by atoms with Crippen molar-refractivity contribution in [3.05, 3.63) is 35.6 Å². The highest BCUT2D eigenvalue weighted by Crippen LogP contribution is 2.20. The van der Waals surface area contributed by atoms with Gasteiger partial charge in [-0.1, -0.05) is 12.1 Å². The Kier molecular flexibility index (Phi) is 2.79. The maximum atomic E-state index is 12.9. The summed E-state index contributed by atoms with van der Waals surface area (Å²) in [5.74, 6) is -0.204. The predicted molar refractivity (Wildman–Crippen MR) is 52.6 cm³/mol. The molecule has 0 aromatic heterocycles. The van der Waals surface area contributed by atoms with Gasteiger partial charge < -0.3 is 10.1 Å². The lowest BCUT2D eigenvalue weighted by Gasteiger charge is -2.28. The average molecular weight is 195 g/mol. The Bertz CT molecular complexity index is 308. The molecule has 2 nitrogen and oxygen atoms in total. The van der Waals surface area contributed by atoms with Crippen LogP contribution < -0.4 is 5.32 Å². The van der Waals surface area contributed by atoms with E-state index in [-0.39, 0.29) is 11.9 Å². The van der Waals surface area contributed by atoms with Crippen molar-refractivity contribution in [1.82, 2.24) is 5.32 Å². The number of morpholine rings is 1. The van der Waals surface area contributed by atoms with E-state index in [0.717, 1.165) is 12.1 Å². The number of nitrogens with one attached hydrogen (secondary N) is 1. The van der Waals surface area contributed by atoms with Gasteiger partial charge in [-0.15, -0.1) is 0 Å². The summed E-state index contributed by atoms with van der Waals surface area (Å²) in [5.41, 5.74) is 0.907. The topological polar surface area (TPSA) is 21.3 Å². The van der Waals surface area contributed by atoms with Gasteiger partial charge in [0, 0.05) is 12.6 Å². The molecular formula is C11H14FNO. The van der Waals surface area contributed by atoms with E-state index in [1.807, 2.05) is 6.07 Å². The van der Waals surface area contributed by atoms with E-state index in [1.165, 1.54) is 12.1 Å². The first-order valence-corrected chi connectivity index (χ1v) is 4.86. The molecule has 3 heteroatoms. The van der Waals surface area contributed by atoms with Crippen LogP contribution in [-0.4, -0.2) is 19.2 Å². The lowest BCUT2D eigenvalue weighted by Crippen LogP contribution is -2.40. The first-order valence-electron chi connectivity index (χ1n) is 4.86. The van der Waals surface area contributed by atoms with Crippen molar-refractivity contribution in [1.29, 1.82) is 0 Å². The Hall–Kier alpha value is -0.930. The summed E-state index contributed by atoms with van der Waals surface area (Å²) >= 11 is 0. The summed E-state index contributed by atoms with van der Waals surface area (Å²) in [7, 11) is 0. The number of halogens is 1. The van der Waals surface area contributed by atoms with E-state index >= 15 is 0 Å². The van der Waals surface area contributed by atoms with Crippen molar-refractivity contribution in [3.63, 3.8) is 0 Å². The second-order valence-electron chi connectivity index (χ2n) is 3.69. The van der Waals surface area contributed by atoms with Crippen LogP contribution in [0.5, 0.6) is 0 Å². The Balaban J connectivity index is 2.08. The normalized spacial score (nSPS) is 27.6. The summed E-state index contributed by atoms with van der Waals surface area (Å²) in [6.07, 6.45) is -0.0121. The van der Waals surface area contributed by atoms with Crippen molar-refractivity contribution in [2.45, 2.75) is 19.1 Å². The van der Waals surface area contributed by atoms with Crippen LogP contribution in [-0.2, 0) is 4.74 Å². The van der Waals surface area contributed by atoms with E-state index in [0.29, 0.717) is 12.6 Å². The molecule has 76 valence electrons. The van der Waals surface area contributed by atoms with Crippen molar-refractivity contribution >= 4 is 0 Å². The largest absolute Gasteiger partial charge is 0.371 e. The fraction of sp³-hybridized carbons (Fsp3) is 0.455. The lowest BCUT2D eigenvalue weighted by atomic mass is 10.1. The Morgan fingerprint density at radius 3 is 3.00 bits per heavy atom. The molecule has 1 saturated heterocycles. The van der Waals surface area contributed by atoms with Crippen LogP contribution in [0.4, 0.5) is 4.39 Å². The Morgan fingerprint density at radius 1 is 1.50 bits per heavy atom. The SMILES string of the molecule is C[C@H]1COC(c2cccc(F)c2)CN1. The zero-order valence-electron chi connectivity index (χ0n) is 8.16. The molecule has 14 heavy (non-hydrogen) atoms. The minimum absolute atomic E-state index is 0.0121. The average Bonchev–Trinajstić information content (AvgIpc) is 2.19. The number of ether oxygens (including phenoxy) is 1. The molecule has 0 radical (unpaired) electrons. The Morgan fingerprint density at radius 2 is 2.36 bits per heavy atom. The highest BCUT2D eigenvalue weighted by molar-refractivity contribution is 5.19. The number of benzene rings is 1. The molecule has 1 heterocycles. The second kappa shape index (κ2) is 4.07. The number of hydrogen-bond donors (Lipinski definition) is 1. The fourth-order valence-corrected chi connectivity index (χ4v) is 1.61. The van der Waals surface area contributed by atoms with Gasteiger partial charge in [0.05, 0.1) is 12.7 Å². The van der Waals surface area contributed by atoms with Crippen molar-refractivity contribution in [2.24, 2.45) is 0 Å². The maximum absolute atomic E-state index is 12.9. The fourth-order valence-electron chi connectivity index (χ4n) is 1.61. The quantitative estimate of drug-likeness (QED) is 0.738. The molecule has 2 atom stereocenters. The van der Waals surface area contributed by atoms with Crippen LogP contribution in [0.25, 0.3) is 0 Å². The van der Waals surface area contributed by atoms with Gasteiger partial charge in [0.25, 0.3) is 0 Å². The standard InChI is InChI=1S/C11H14FNO/c1-8-7-14-11(6-13-8)9-3-2-4-10(12)5-9/h2-5,8,11,13H,6-7H2,1H3/t8-,11?/m0/s1. The van der Waals surface area contributed by atoms with Gasteiger partial charge in [0.2, 0.25) is 0 Å². The molecule has 1 fully saturated rings. The number of rotatable bonds is 1. The molecule has 1 aromatic rings. The predicted octanol–water partition coefficient (Wildman–Crippen LogP) is 1.88. The zero-order valence-corrected chi connectivity index (χ0v) is 8.16. The second-order valence-corrected chi connectivity index (χ2v) is 3.69. The maximum Gasteiger partial charge on any atom is 0.123 e. The van der Waals surface area contributed by atoms with Crippen LogP contribution in [0.3, 0.4) is 0 Å². The summed E-state index contributed by atoms with van der Waals surface area (Å²) < 4.78 is 18.5. The van der Waals surface area contributed by atoms with Gasteiger partial charge in [-0.2, -0.15) is 0 Å². The van der Waals surface area contributed by atoms with Crippen LogP contribution in [0.2, 0.25) is 0 Å². The molecule has 1 aromatic carbocycles. The zero-order chi connectivity index (χ0) is 9.97. The molecule has 0 amide bonds. The van der Waals surface area contributed by atoms with Crippen molar-refractivity contribution in [2.75, 3.05) is 13.2 Å². The first kappa shape index (κ1) is 9.62. The van der Waals surface area contributed by atoms with Crippen LogP contribution in [0, 0.1) is 5.82 Å². The van der Waals surface area contributed by atoms with E-state index in [2.05, 4.69) is 12.2 Å². The van der Waals surface area contributed by atoms with Crippen molar-refractivity contribution < 1.29 is 9.13 Å². The van der Waals surface area contributed by atoms with Gasteiger partial charge in [-0.3, -0.25) is 0 Å². The van der Waals surface area contributed by atoms with Gasteiger partial charge in [0.1, 0.15) is 5.82 Å². The molecule has 1 aliphatic heterocycles. The van der Waals surface area contributed by atoms with Gasteiger partial charge in [-0.25, -0.2) is 4.39 Å². The van der Waals surface area contributed by atoms with E-state index in [1.54, 1.807) is 6.07 Å². The molecule has 1 unspecified atom stereocenters. The minimum Gasteiger partial charge on any atom is -0.371 e. The van der Waals surface area contributed by atoms with E-state index in [9.17, 15) is 4.39 Å². The molecule has 1 N–H and O–H groups in total. The molecular weight excluding hydrogens is 181 g/mol. The summed E-state index contributed by atoms with van der Waals surface area (Å²) in [6, 6.07) is 6.97. The molecule has 0 spiro atoms. The number of hydrogen-bond acceptors (Lipinski definition) is 2. The van der Waals surface area contributed by atoms with Crippen molar-refractivity contribution in [3.8, 4) is 0 Å². The summed E-state index contributed by atoms with van der Waals surface area (Å²) in [5, 5.41) is 3.30. The first-order chi connectivity index (χ1) is 6.75. The van der Waals surface area contributed by atoms with E-state index < -0.39 is 0 Å². The smallest absolute Gasteiger partial charge is 0.123 e. The molecule has 0 bridgehead atoms. The summed E-state index contributed by atoms with van der Waals surface area (Å²) in [6.45, 7) is 3.51. The van der Waals surface area contributed by atoms with Crippen LogP contribution in [0.15, 0.2) is 24.3 Å². The third kappa shape index (κ3) is 2.11. The highest BCUT2D eigenvalue weighted by atomic mass is 19.1. The van der Waals surface area contributed by atoms with Crippen LogP contribution >= 0.6 is 0 Å². The Labute approximate surface area is 83.1 Å². The molecule has 0 aliphatic carbocycles. The molecule has 0 saturated carbocycles. The third-order valence-corrected chi connectivity index (χ3v) is 2.42. The summed E-state index contributed by atoms with van der Waals surface area (Å²) in [4.78, 5) is 0. The third-order valence-electron chi connectivity index (χ3n) is 2.42. The van der Waals surface area contributed by atoms with Gasteiger partial charge in [0.15, 0.2) is 0 Å². The monoisotopic (exact) mass is 195 g/mol. The molecule has 1 aliphatic rings. The van der Waals surface area contributed by atoms with Crippen LogP contribution in [0.1, 0.15) is 18.6 Å². The lowest BCUT2D eigenvalue weighted by molar-refractivity contribution is 0.00680.